The number of amides is 1. The van der Waals surface area contributed by atoms with Gasteiger partial charge in [0.25, 0.3) is 5.91 Å². The van der Waals surface area contributed by atoms with E-state index in [1.165, 1.54) is 11.3 Å². The first-order chi connectivity index (χ1) is 14.2. The van der Waals surface area contributed by atoms with Crippen molar-refractivity contribution in [1.29, 1.82) is 0 Å². The summed E-state index contributed by atoms with van der Waals surface area (Å²) in [6.07, 6.45) is 0. The molecular weight excluding hydrogens is 404 g/mol. The summed E-state index contributed by atoms with van der Waals surface area (Å²) < 4.78 is 5.80. The molecule has 6 heteroatoms. The quantitative estimate of drug-likeness (QED) is 0.398. The number of anilines is 1. The Labute approximate surface area is 177 Å². The Bertz CT molecular complexity index is 1110. The largest absolute Gasteiger partial charge is 0.489 e. The van der Waals surface area contributed by atoms with Crippen LogP contribution in [-0.2, 0) is 6.61 Å². The molecule has 0 bridgehead atoms. The average molecular weight is 421 g/mol. The van der Waals surface area contributed by atoms with Crippen LogP contribution >= 0.6 is 22.9 Å². The van der Waals surface area contributed by atoms with E-state index in [9.17, 15) is 4.79 Å². The molecule has 0 aliphatic carbocycles. The van der Waals surface area contributed by atoms with Crippen LogP contribution in [0.25, 0.3) is 11.3 Å². The third kappa shape index (κ3) is 5.02. The van der Waals surface area contributed by atoms with Gasteiger partial charge in [-0.05, 0) is 35.9 Å². The van der Waals surface area contributed by atoms with Crippen molar-refractivity contribution in [2.75, 3.05) is 5.32 Å². The second kappa shape index (κ2) is 8.90. The standard InChI is InChI=1S/C23H17ClN2O2S/c24-19-11-9-17(10-12-19)21-15-29-23(25-21)26-22(27)18-7-4-8-20(13-18)28-14-16-5-2-1-3-6-16/h1-13,15H,14H2,(H,25,26,27). The predicted octanol–water partition coefficient (Wildman–Crippen LogP) is 6.29. The molecule has 1 N–H and O–H groups in total. The Morgan fingerprint density at radius 2 is 1.79 bits per heavy atom. The molecule has 1 aromatic heterocycles. The fourth-order valence-electron chi connectivity index (χ4n) is 2.72. The van der Waals surface area contributed by atoms with Crippen molar-refractivity contribution in [3.63, 3.8) is 0 Å². The normalized spacial score (nSPS) is 10.5. The predicted molar refractivity (Wildman–Crippen MR) is 118 cm³/mol. The molecule has 1 heterocycles. The molecule has 0 atom stereocenters. The van der Waals surface area contributed by atoms with Crippen LogP contribution in [0.5, 0.6) is 5.75 Å². The maximum atomic E-state index is 12.6. The minimum absolute atomic E-state index is 0.229. The van der Waals surface area contributed by atoms with Gasteiger partial charge in [-0.2, -0.15) is 0 Å². The van der Waals surface area contributed by atoms with Gasteiger partial charge < -0.3 is 4.74 Å². The molecule has 29 heavy (non-hydrogen) atoms. The van der Waals surface area contributed by atoms with E-state index in [4.69, 9.17) is 16.3 Å². The highest BCUT2D eigenvalue weighted by atomic mass is 35.5. The molecule has 4 rings (SSSR count). The fourth-order valence-corrected chi connectivity index (χ4v) is 3.56. The molecule has 1 amide bonds. The minimum atomic E-state index is -0.229. The number of halogens is 1. The van der Waals surface area contributed by atoms with Crippen LogP contribution in [0.2, 0.25) is 5.02 Å². The molecule has 4 aromatic rings. The Morgan fingerprint density at radius 1 is 1.00 bits per heavy atom. The van der Waals surface area contributed by atoms with Crippen LogP contribution in [0, 0.1) is 0 Å². The first-order valence-corrected chi connectivity index (χ1v) is 10.2. The first kappa shape index (κ1) is 19.2. The first-order valence-electron chi connectivity index (χ1n) is 8.97. The smallest absolute Gasteiger partial charge is 0.257 e. The van der Waals surface area contributed by atoms with Crippen LogP contribution in [-0.4, -0.2) is 10.9 Å². The lowest BCUT2D eigenvalue weighted by Gasteiger charge is -2.08. The summed E-state index contributed by atoms with van der Waals surface area (Å²) in [6, 6.07) is 24.4. The van der Waals surface area contributed by atoms with E-state index >= 15 is 0 Å². The van der Waals surface area contributed by atoms with Crippen molar-refractivity contribution in [2.45, 2.75) is 6.61 Å². The summed E-state index contributed by atoms with van der Waals surface area (Å²) in [5.74, 6) is 0.412. The minimum Gasteiger partial charge on any atom is -0.489 e. The SMILES string of the molecule is O=C(Nc1nc(-c2ccc(Cl)cc2)cs1)c1cccc(OCc2ccccc2)c1. The number of carbonyl (C=O) groups is 1. The van der Waals surface area contributed by atoms with Gasteiger partial charge >= 0.3 is 0 Å². The fraction of sp³-hybridized carbons (Fsp3) is 0.0435. The molecule has 0 aliphatic heterocycles. The van der Waals surface area contributed by atoms with Gasteiger partial charge in [-0.25, -0.2) is 4.98 Å². The molecule has 3 aromatic carbocycles. The number of thiazole rings is 1. The summed E-state index contributed by atoms with van der Waals surface area (Å²) in [7, 11) is 0. The monoisotopic (exact) mass is 420 g/mol. The molecular formula is C23H17ClN2O2S. The summed E-state index contributed by atoms with van der Waals surface area (Å²) in [5, 5.41) is 5.96. The van der Waals surface area contributed by atoms with E-state index < -0.39 is 0 Å². The van der Waals surface area contributed by atoms with Crippen molar-refractivity contribution in [2.24, 2.45) is 0 Å². The van der Waals surface area contributed by atoms with Crippen LogP contribution < -0.4 is 10.1 Å². The molecule has 0 saturated heterocycles. The summed E-state index contributed by atoms with van der Waals surface area (Å²) in [6.45, 7) is 0.447. The van der Waals surface area contributed by atoms with Gasteiger partial charge in [-0.1, -0.05) is 60.1 Å². The average Bonchev–Trinajstić information content (AvgIpc) is 3.22. The van der Waals surface area contributed by atoms with E-state index in [1.54, 1.807) is 18.2 Å². The molecule has 4 nitrogen and oxygen atoms in total. The lowest BCUT2D eigenvalue weighted by atomic mass is 10.2. The lowest BCUT2D eigenvalue weighted by Crippen LogP contribution is -2.11. The summed E-state index contributed by atoms with van der Waals surface area (Å²) in [4.78, 5) is 17.1. The van der Waals surface area contributed by atoms with E-state index in [0.717, 1.165) is 16.8 Å². The lowest BCUT2D eigenvalue weighted by molar-refractivity contribution is 0.102. The number of benzene rings is 3. The van der Waals surface area contributed by atoms with Crippen LogP contribution in [0.4, 0.5) is 5.13 Å². The number of nitrogens with one attached hydrogen (secondary N) is 1. The second-order valence-electron chi connectivity index (χ2n) is 6.30. The van der Waals surface area contributed by atoms with Gasteiger partial charge in [-0.3, -0.25) is 10.1 Å². The third-order valence-electron chi connectivity index (χ3n) is 4.21. The molecule has 0 fully saturated rings. The second-order valence-corrected chi connectivity index (χ2v) is 7.60. The Balaban J connectivity index is 1.41. The zero-order valence-corrected chi connectivity index (χ0v) is 16.9. The molecule has 0 spiro atoms. The number of nitrogens with zero attached hydrogens (tertiary/aromatic N) is 1. The topological polar surface area (TPSA) is 51.2 Å². The number of carbonyl (C=O) groups excluding carboxylic acids is 1. The number of rotatable bonds is 6. The van der Waals surface area contributed by atoms with Crippen molar-refractivity contribution in [3.8, 4) is 17.0 Å². The van der Waals surface area contributed by atoms with Gasteiger partial charge in [0.15, 0.2) is 5.13 Å². The van der Waals surface area contributed by atoms with Crippen molar-refractivity contribution >= 4 is 34.0 Å². The van der Waals surface area contributed by atoms with Crippen molar-refractivity contribution in [3.05, 3.63) is 100 Å². The Kier molecular flexibility index (Phi) is 5.89. The van der Waals surface area contributed by atoms with Crippen molar-refractivity contribution < 1.29 is 9.53 Å². The van der Waals surface area contributed by atoms with Gasteiger partial charge in [0, 0.05) is 21.5 Å². The molecule has 0 unspecified atom stereocenters. The highest BCUT2D eigenvalue weighted by Crippen LogP contribution is 2.26. The van der Waals surface area contributed by atoms with Gasteiger partial charge in [-0.15, -0.1) is 11.3 Å². The molecule has 0 aliphatic rings. The van der Waals surface area contributed by atoms with Crippen LogP contribution in [0.3, 0.4) is 0 Å². The zero-order valence-electron chi connectivity index (χ0n) is 15.3. The molecule has 144 valence electrons. The van der Waals surface area contributed by atoms with E-state index in [-0.39, 0.29) is 5.91 Å². The number of hydrogen-bond donors (Lipinski definition) is 1. The van der Waals surface area contributed by atoms with E-state index in [2.05, 4.69) is 10.3 Å². The highest BCUT2D eigenvalue weighted by molar-refractivity contribution is 7.14. The summed E-state index contributed by atoms with van der Waals surface area (Å²) >= 11 is 7.30. The molecule has 0 saturated carbocycles. The van der Waals surface area contributed by atoms with E-state index in [0.29, 0.717) is 28.1 Å². The van der Waals surface area contributed by atoms with Crippen LogP contribution in [0.1, 0.15) is 15.9 Å². The Morgan fingerprint density at radius 3 is 2.59 bits per heavy atom. The number of hydrogen-bond acceptors (Lipinski definition) is 4. The summed E-state index contributed by atoms with van der Waals surface area (Å²) in [5.41, 5.74) is 3.32. The maximum Gasteiger partial charge on any atom is 0.257 e. The van der Waals surface area contributed by atoms with Crippen molar-refractivity contribution in [1.82, 2.24) is 4.98 Å². The Hall–Kier alpha value is -3.15. The van der Waals surface area contributed by atoms with Gasteiger partial charge in [0.05, 0.1) is 5.69 Å². The zero-order chi connectivity index (χ0) is 20.1. The molecule has 0 radical (unpaired) electrons. The third-order valence-corrected chi connectivity index (χ3v) is 5.22. The number of ether oxygens (including phenoxy) is 1. The van der Waals surface area contributed by atoms with Crippen LogP contribution in [0.15, 0.2) is 84.2 Å². The van der Waals surface area contributed by atoms with Gasteiger partial charge in [0.1, 0.15) is 12.4 Å². The maximum absolute atomic E-state index is 12.6. The number of aromatic nitrogens is 1. The van der Waals surface area contributed by atoms with Gasteiger partial charge in [0.2, 0.25) is 0 Å². The highest BCUT2D eigenvalue weighted by Gasteiger charge is 2.11. The van der Waals surface area contributed by atoms with E-state index in [1.807, 2.05) is 66.0 Å².